The minimum absolute atomic E-state index is 0.0363. The zero-order chi connectivity index (χ0) is 41.0. The van der Waals surface area contributed by atoms with Crippen molar-refractivity contribution in [2.45, 2.75) is 104 Å². The molecule has 0 aromatic heterocycles. The number of carbonyl (C=O) groups is 6. The minimum Gasteiger partial charge on any atom is -0.489 e. The van der Waals surface area contributed by atoms with Crippen LogP contribution in [0.15, 0.2) is 48.5 Å². The lowest BCUT2D eigenvalue weighted by Gasteiger charge is -2.65. The molecule has 1 unspecified atom stereocenters. The van der Waals surface area contributed by atoms with Crippen molar-refractivity contribution in [3.63, 3.8) is 0 Å². The van der Waals surface area contributed by atoms with E-state index < -0.39 is 29.7 Å². The molecule has 5 heterocycles. The van der Waals surface area contributed by atoms with Crippen LogP contribution >= 0.6 is 0 Å². The Bertz CT molecular complexity index is 2340. The Morgan fingerprint density at radius 2 is 1.45 bits per heavy atom. The number of nitrogens with zero attached hydrogens (tertiary/aromatic N) is 5. The number of carbonyl (C=O) groups excluding carboxylic acids is 6. The molecule has 298 valence electrons. The summed E-state index contributed by atoms with van der Waals surface area (Å²) in [5.41, 5.74) is 5.33. The third kappa shape index (κ3) is 5.74. The van der Waals surface area contributed by atoms with E-state index in [1.165, 1.54) is 0 Å². The first-order chi connectivity index (χ1) is 27.6. The Kier molecular flexibility index (Phi) is 8.67. The van der Waals surface area contributed by atoms with Gasteiger partial charge in [0.1, 0.15) is 17.9 Å². The molecule has 58 heavy (non-hydrogen) atoms. The van der Waals surface area contributed by atoms with E-state index >= 15 is 0 Å². The molecule has 5 aliphatic heterocycles. The van der Waals surface area contributed by atoms with Gasteiger partial charge in [0.15, 0.2) is 0 Å². The van der Waals surface area contributed by atoms with Gasteiger partial charge in [-0.2, -0.15) is 5.26 Å². The number of hydrogen-bond donors (Lipinski definition) is 1. The molecule has 3 aromatic carbocycles. The predicted octanol–water partition coefficient (Wildman–Crippen LogP) is 4.73. The average Bonchev–Trinajstić information content (AvgIpc) is 3.83. The van der Waals surface area contributed by atoms with Gasteiger partial charge in [0, 0.05) is 73.2 Å². The largest absolute Gasteiger partial charge is 0.489 e. The van der Waals surface area contributed by atoms with Gasteiger partial charge in [-0.25, -0.2) is 0 Å². The third-order valence-electron chi connectivity index (χ3n) is 13.6. The van der Waals surface area contributed by atoms with Gasteiger partial charge < -0.3 is 14.5 Å². The first kappa shape index (κ1) is 37.7. The Balaban J connectivity index is 0.819. The predicted molar refractivity (Wildman–Crippen MR) is 209 cm³/mol. The number of hydrogen-bond acceptors (Lipinski definition) is 9. The van der Waals surface area contributed by atoms with Gasteiger partial charge in [-0.1, -0.05) is 27.7 Å². The number of nitrogens with one attached hydrogen (secondary N) is 1. The Hall–Kier alpha value is -5.87. The molecule has 6 aliphatic rings. The van der Waals surface area contributed by atoms with Crippen LogP contribution in [0.1, 0.15) is 123 Å². The number of imide groups is 2. The lowest BCUT2D eigenvalue weighted by Crippen LogP contribution is -2.74. The highest BCUT2D eigenvalue weighted by atomic mass is 16.5. The van der Waals surface area contributed by atoms with Gasteiger partial charge >= 0.3 is 0 Å². The molecule has 0 radical (unpaired) electrons. The molecule has 13 heteroatoms. The Morgan fingerprint density at radius 1 is 0.793 bits per heavy atom. The van der Waals surface area contributed by atoms with Crippen LogP contribution in [0.4, 0.5) is 0 Å². The standard InChI is InChI=1S/C45H46N6O7/c1-24-16-31(8-6-26(24)20-46)58-43-44(2,3)42(45(43,4)5)50-23-29-17-25(7-9-32(29)39(50)55)38(54)48-14-12-30(13-15-48)49-21-27-18-33-34(19-28(27)22-49)41(57)51(40(33)56)35-10-11-36(52)47-37(35)53/h6-9,16-19,30,35,42-43H,10-15,21-23H2,1-5H3,(H,47,52,53). The molecule has 0 spiro atoms. The van der Waals surface area contributed by atoms with Crippen molar-refractivity contribution in [3.05, 3.63) is 98.6 Å². The molecule has 9 rings (SSSR count). The molecule has 6 amide bonds. The summed E-state index contributed by atoms with van der Waals surface area (Å²) >= 11 is 0. The van der Waals surface area contributed by atoms with Crippen LogP contribution in [-0.4, -0.2) is 92.4 Å². The minimum atomic E-state index is -0.994. The molecule has 1 saturated carbocycles. The van der Waals surface area contributed by atoms with Crippen LogP contribution in [0.2, 0.25) is 0 Å². The van der Waals surface area contributed by atoms with Crippen molar-refractivity contribution in [2.75, 3.05) is 13.1 Å². The van der Waals surface area contributed by atoms with Gasteiger partial charge in [-0.05, 0) is 97.0 Å². The van der Waals surface area contributed by atoms with Crippen molar-refractivity contribution in [3.8, 4) is 11.8 Å². The van der Waals surface area contributed by atoms with E-state index in [4.69, 9.17) is 4.74 Å². The molecule has 3 aromatic rings. The summed E-state index contributed by atoms with van der Waals surface area (Å²) in [6.07, 6.45) is 1.57. The zero-order valence-corrected chi connectivity index (χ0v) is 33.4. The van der Waals surface area contributed by atoms with Gasteiger partial charge in [-0.15, -0.1) is 0 Å². The third-order valence-corrected chi connectivity index (χ3v) is 13.6. The maximum absolute atomic E-state index is 13.9. The lowest BCUT2D eigenvalue weighted by atomic mass is 9.49. The maximum atomic E-state index is 13.9. The molecule has 0 bridgehead atoms. The lowest BCUT2D eigenvalue weighted by molar-refractivity contribution is -0.199. The quantitative estimate of drug-likeness (QED) is 0.349. The Morgan fingerprint density at radius 3 is 2.05 bits per heavy atom. The molecule has 1 atom stereocenters. The zero-order valence-electron chi connectivity index (χ0n) is 33.4. The first-order valence-corrected chi connectivity index (χ1v) is 20.1. The van der Waals surface area contributed by atoms with E-state index in [1.54, 1.807) is 30.3 Å². The number of rotatable bonds is 6. The van der Waals surface area contributed by atoms with Crippen LogP contribution < -0.4 is 10.1 Å². The maximum Gasteiger partial charge on any atom is 0.262 e. The smallest absolute Gasteiger partial charge is 0.262 e. The number of piperidine rings is 2. The summed E-state index contributed by atoms with van der Waals surface area (Å²) in [6.45, 7) is 13.2. The van der Waals surface area contributed by atoms with Crippen molar-refractivity contribution >= 4 is 35.4 Å². The van der Waals surface area contributed by atoms with Gasteiger partial charge in [0.2, 0.25) is 11.8 Å². The molecule has 1 N–H and O–H groups in total. The monoisotopic (exact) mass is 782 g/mol. The molecule has 13 nitrogen and oxygen atoms in total. The highest BCUT2D eigenvalue weighted by Gasteiger charge is 2.67. The van der Waals surface area contributed by atoms with Crippen molar-refractivity contribution < 1.29 is 33.5 Å². The number of amides is 6. The molecule has 3 fully saturated rings. The van der Waals surface area contributed by atoms with Gasteiger partial charge in [0.25, 0.3) is 23.6 Å². The highest BCUT2D eigenvalue weighted by Crippen LogP contribution is 2.59. The van der Waals surface area contributed by atoms with Crippen LogP contribution in [-0.2, 0) is 29.2 Å². The van der Waals surface area contributed by atoms with Crippen LogP contribution in [0.3, 0.4) is 0 Å². The summed E-state index contributed by atoms with van der Waals surface area (Å²) in [5, 5.41) is 11.6. The number of fused-ring (bicyclic) bond motifs is 3. The van der Waals surface area contributed by atoms with Crippen LogP contribution in [0.25, 0.3) is 0 Å². The van der Waals surface area contributed by atoms with E-state index in [1.807, 2.05) is 34.9 Å². The summed E-state index contributed by atoms with van der Waals surface area (Å²) in [7, 11) is 0. The van der Waals surface area contributed by atoms with Crippen LogP contribution in [0.5, 0.6) is 5.75 Å². The SMILES string of the molecule is Cc1cc(OC2C(C)(C)C(N3Cc4cc(C(=O)N5CCC(N6Cc7cc8c(cc7C6)C(=O)N(C6CCC(=O)NC6=O)C8=O)CC5)ccc4C3=O)C2(C)C)ccc1C#N. The van der Waals surface area contributed by atoms with Crippen molar-refractivity contribution in [1.29, 1.82) is 5.26 Å². The number of likely N-dealkylation sites (tertiary alicyclic amines) is 1. The number of benzene rings is 3. The fourth-order valence-electron chi connectivity index (χ4n) is 11.1. The average molecular weight is 783 g/mol. The van der Waals surface area contributed by atoms with Crippen molar-refractivity contribution in [2.24, 2.45) is 10.8 Å². The Labute approximate surface area is 336 Å². The van der Waals surface area contributed by atoms with E-state index in [0.717, 1.165) is 40.0 Å². The summed E-state index contributed by atoms with van der Waals surface area (Å²) in [5.74, 6) is -1.42. The van der Waals surface area contributed by atoms with Gasteiger partial charge in [0.05, 0.1) is 22.8 Å². The van der Waals surface area contributed by atoms with Crippen molar-refractivity contribution in [1.82, 2.24) is 24.9 Å². The normalized spacial score (nSPS) is 24.9. The molecule has 2 saturated heterocycles. The van der Waals surface area contributed by atoms with E-state index in [2.05, 4.69) is 44.0 Å². The number of ether oxygens (including phenoxy) is 1. The van der Waals surface area contributed by atoms with Gasteiger partial charge in [-0.3, -0.25) is 43.9 Å². The number of aryl methyl sites for hydroxylation is 1. The first-order valence-electron chi connectivity index (χ1n) is 20.1. The highest BCUT2D eigenvalue weighted by molar-refractivity contribution is 6.23. The summed E-state index contributed by atoms with van der Waals surface area (Å²) < 4.78 is 6.54. The fraction of sp³-hybridized carbons (Fsp3) is 0.444. The molecular formula is C45H46N6O7. The molecule has 1 aliphatic carbocycles. The van der Waals surface area contributed by atoms with E-state index in [-0.39, 0.29) is 53.7 Å². The van der Waals surface area contributed by atoms with E-state index in [0.29, 0.717) is 66.3 Å². The van der Waals surface area contributed by atoms with E-state index in [9.17, 15) is 34.0 Å². The fourth-order valence-corrected chi connectivity index (χ4v) is 11.1. The summed E-state index contributed by atoms with van der Waals surface area (Å²) in [4.78, 5) is 85.8. The molecular weight excluding hydrogens is 737 g/mol. The summed E-state index contributed by atoms with van der Waals surface area (Å²) in [6, 6.07) is 15.8. The topological polar surface area (TPSA) is 160 Å². The second-order valence-corrected chi connectivity index (χ2v) is 18.0. The second-order valence-electron chi connectivity index (χ2n) is 18.0. The van der Waals surface area contributed by atoms with Crippen LogP contribution in [0, 0.1) is 29.1 Å². The second kappa shape index (κ2) is 13.3. The number of nitriles is 1.